The molecule has 1 spiro atoms. The Morgan fingerprint density at radius 1 is 1.32 bits per heavy atom. The molecule has 0 unspecified atom stereocenters. The number of carbonyl (C=O) groups excluding carboxylic acids is 1. The van der Waals surface area contributed by atoms with Gasteiger partial charge in [0.25, 0.3) is 5.91 Å². The lowest BCUT2D eigenvalue weighted by Gasteiger charge is -2.38. The van der Waals surface area contributed by atoms with Gasteiger partial charge in [-0.15, -0.1) is 12.4 Å². The molecule has 0 atom stereocenters. The second-order valence-electron chi connectivity index (χ2n) is 7.07. The molecule has 0 aromatic carbocycles. The molecule has 122 valence electrons. The third-order valence-corrected chi connectivity index (χ3v) is 5.57. The van der Waals surface area contributed by atoms with Crippen LogP contribution in [0, 0.1) is 5.41 Å². The van der Waals surface area contributed by atoms with Crippen LogP contribution in [0.15, 0.2) is 6.07 Å². The number of carbonyl (C=O) groups is 1. The van der Waals surface area contributed by atoms with Crippen molar-refractivity contribution in [2.45, 2.75) is 38.0 Å². The maximum Gasteiger partial charge on any atom is 0.274 e. The van der Waals surface area contributed by atoms with Gasteiger partial charge < -0.3 is 10.2 Å². The number of nitrogens with one attached hydrogen (secondary N) is 1. The predicted molar refractivity (Wildman–Crippen MR) is 87.5 cm³/mol. The fraction of sp³-hybridized carbons (Fsp3) is 0.750. The molecule has 1 aliphatic carbocycles. The van der Waals surface area contributed by atoms with Gasteiger partial charge in [-0.3, -0.25) is 9.48 Å². The number of hydrogen-bond acceptors (Lipinski definition) is 3. The van der Waals surface area contributed by atoms with Crippen LogP contribution in [-0.4, -0.2) is 46.8 Å². The summed E-state index contributed by atoms with van der Waals surface area (Å²) in [6.45, 7) is 4.04. The summed E-state index contributed by atoms with van der Waals surface area (Å²) in [6.07, 6.45) is 6.02. The second kappa shape index (κ2) is 5.85. The van der Waals surface area contributed by atoms with Crippen molar-refractivity contribution >= 4 is 18.3 Å². The number of hydrogen-bond donors (Lipinski definition) is 1. The highest BCUT2D eigenvalue weighted by Crippen LogP contribution is 2.40. The van der Waals surface area contributed by atoms with Gasteiger partial charge in [-0.25, -0.2) is 0 Å². The molecular formula is C16H25ClN4O. The quantitative estimate of drug-likeness (QED) is 0.904. The molecule has 2 saturated heterocycles. The highest BCUT2D eigenvalue weighted by atomic mass is 35.5. The maximum absolute atomic E-state index is 12.6. The topological polar surface area (TPSA) is 50.2 Å². The second-order valence-corrected chi connectivity index (χ2v) is 7.07. The Labute approximate surface area is 137 Å². The summed E-state index contributed by atoms with van der Waals surface area (Å²) in [6, 6.07) is 2.02. The Morgan fingerprint density at radius 3 is 2.64 bits per heavy atom. The van der Waals surface area contributed by atoms with E-state index in [0.717, 1.165) is 39.0 Å². The smallest absolute Gasteiger partial charge is 0.274 e. The highest BCUT2D eigenvalue weighted by Gasteiger charge is 2.38. The Balaban J connectivity index is 0.00000144. The average molecular weight is 325 g/mol. The lowest BCUT2D eigenvalue weighted by atomic mass is 9.78. The minimum atomic E-state index is 0. The summed E-state index contributed by atoms with van der Waals surface area (Å²) < 4.78 is 1.90. The first-order valence-electron chi connectivity index (χ1n) is 8.21. The molecule has 1 aromatic rings. The Hall–Kier alpha value is -1.07. The van der Waals surface area contributed by atoms with E-state index in [1.165, 1.54) is 25.0 Å². The highest BCUT2D eigenvalue weighted by molar-refractivity contribution is 5.92. The number of halogens is 1. The van der Waals surface area contributed by atoms with Gasteiger partial charge in [0.1, 0.15) is 0 Å². The van der Waals surface area contributed by atoms with E-state index in [9.17, 15) is 4.79 Å². The van der Waals surface area contributed by atoms with E-state index in [2.05, 4.69) is 10.4 Å². The van der Waals surface area contributed by atoms with E-state index < -0.39 is 0 Å². The minimum Gasteiger partial charge on any atom is -0.337 e. The summed E-state index contributed by atoms with van der Waals surface area (Å²) in [4.78, 5) is 14.6. The van der Waals surface area contributed by atoms with Crippen molar-refractivity contribution in [3.63, 3.8) is 0 Å². The molecule has 0 radical (unpaired) electrons. The van der Waals surface area contributed by atoms with Crippen LogP contribution in [0.25, 0.3) is 0 Å². The van der Waals surface area contributed by atoms with Gasteiger partial charge in [0, 0.05) is 38.3 Å². The fourth-order valence-electron chi connectivity index (χ4n) is 3.92. The monoisotopic (exact) mass is 324 g/mol. The van der Waals surface area contributed by atoms with Crippen molar-refractivity contribution < 1.29 is 4.79 Å². The molecule has 6 heteroatoms. The number of nitrogens with zero attached hydrogens (tertiary/aromatic N) is 3. The van der Waals surface area contributed by atoms with E-state index in [-0.39, 0.29) is 18.3 Å². The number of likely N-dealkylation sites (tertiary alicyclic amines) is 1. The Kier molecular flexibility index (Phi) is 4.21. The van der Waals surface area contributed by atoms with Crippen LogP contribution in [-0.2, 0) is 7.05 Å². The van der Waals surface area contributed by atoms with Crippen LogP contribution < -0.4 is 5.32 Å². The van der Waals surface area contributed by atoms with Crippen molar-refractivity contribution in [2.24, 2.45) is 12.5 Å². The number of aryl methyl sites for hydroxylation is 1. The van der Waals surface area contributed by atoms with Crippen molar-refractivity contribution in [3.05, 3.63) is 17.5 Å². The zero-order chi connectivity index (χ0) is 14.4. The van der Waals surface area contributed by atoms with E-state index in [1.54, 1.807) is 0 Å². The van der Waals surface area contributed by atoms with E-state index in [0.29, 0.717) is 17.0 Å². The molecule has 3 aliphatic rings. The van der Waals surface area contributed by atoms with Crippen molar-refractivity contribution in [1.29, 1.82) is 0 Å². The lowest BCUT2D eigenvalue weighted by Crippen LogP contribution is -2.44. The molecule has 1 amide bonds. The van der Waals surface area contributed by atoms with Crippen LogP contribution in [0.3, 0.4) is 0 Å². The first-order valence-corrected chi connectivity index (χ1v) is 8.21. The van der Waals surface area contributed by atoms with Crippen LogP contribution in [0.4, 0.5) is 0 Å². The van der Waals surface area contributed by atoms with Crippen molar-refractivity contribution in [3.8, 4) is 0 Å². The van der Waals surface area contributed by atoms with Crippen molar-refractivity contribution in [2.75, 3.05) is 26.2 Å². The van der Waals surface area contributed by atoms with Gasteiger partial charge in [-0.05, 0) is 50.1 Å². The molecule has 2 aliphatic heterocycles. The summed E-state index contributed by atoms with van der Waals surface area (Å²) in [5.41, 5.74) is 2.33. The number of piperidine rings is 1. The third-order valence-electron chi connectivity index (χ3n) is 5.57. The zero-order valence-electron chi connectivity index (χ0n) is 13.2. The van der Waals surface area contributed by atoms with Crippen LogP contribution >= 0.6 is 12.4 Å². The van der Waals surface area contributed by atoms with E-state index in [1.807, 2.05) is 22.7 Å². The molecule has 22 heavy (non-hydrogen) atoms. The molecule has 4 rings (SSSR count). The first-order chi connectivity index (χ1) is 10.2. The average Bonchev–Trinajstić information content (AvgIpc) is 3.12. The summed E-state index contributed by atoms with van der Waals surface area (Å²) in [5, 5.41) is 7.92. The molecular weight excluding hydrogens is 300 g/mol. The van der Waals surface area contributed by atoms with Gasteiger partial charge in [0.2, 0.25) is 0 Å². The molecule has 3 fully saturated rings. The van der Waals surface area contributed by atoms with Crippen molar-refractivity contribution in [1.82, 2.24) is 20.0 Å². The van der Waals surface area contributed by atoms with Crippen LogP contribution in [0.2, 0.25) is 0 Å². The normalized spacial score (nSPS) is 23.6. The molecule has 1 saturated carbocycles. The maximum atomic E-state index is 12.6. The number of aromatic nitrogens is 2. The van der Waals surface area contributed by atoms with Gasteiger partial charge in [0.15, 0.2) is 5.69 Å². The van der Waals surface area contributed by atoms with Crippen LogP contribution in [0.1, 0.15) is 54.2 Å². The largest absolute Gasteiger partial charge is 0.337 e. The molecule has 5 nitrogen and oxygen atoms in total. The summed E-state index contributed by atoms with van der Waals surface area (Å²) in [5.74, 6) is 0.761. The summed E-state index contributed by atoms with van der Waals surface area (Å²) in [7, 11) is 1.96. The standard InChI is InChI=1S/C16H24N4O.ClH/c1-19-14(12-2-3-12)10-13(18-19)15(21)20-8-5-16(6-9-20)4-7-17-11-16;/h10,12,17H,2-9,11H2,1H3;1H. The van der Waals surface area contributed by atoms with Gasteiger partial charge >= 0.3 is 0 Å². The predicted octanol–water partition coefficient (Wildman–Crippen LogP) is 1.93. The van der Waals surface area contributed by atoms with Gasteiger partial charge in [0.05, 0.1) is 0 Å². The SMILES string of the molecule is Cl.Cn1nc(C(=O)N2CCC3(CCNC3)CC2)cc1C1CC1. The summed E-state index contributed by atoms with van der Waals surface area (Å²) >= 11 is 0. The number of rotatable bonds is 2. The zero-order valence-corrected chi connectivity index (χ0v) is 14.0. The molecule has 0 bridgehead atoms. The fourth-order valence-corrected chi connectivity index (χ4v) is 3.92. The van der Waals surface area contributed by atoms with E-state index in [4.69, 9.17) is 0 Å². The first kappa shape index (κ1) is 15.8. The van der Waals surface area contributed by atoms with E-state index >= 15 is 0 Å². The van der Waals surface area contributed by atoms with Gasteiger partial charge in [-0.1, -0.05) is 0 Å². The van der Waals surface area contributed by atoms with Crippen LogP contribution in [0.5, 0.6) is 0 Å². The molecule has 1 aromatic heterocycles. The Bertz CT molecular complexity index is 550. The molecule has 1 N–H and O–H groups in total. The molecule has 3 heterocycles. The number of amides is 1. The minimum absolute atomic E-state index is 0. The Morgan fingerprint density at radius 2 is 2.05 bits per heavy atom. The third kappa shape index (κ3) is 2.76. The lowest BCUT2D eigenvalue weighted by molar-refractivity contribution is 0.0601. The van der Waals surface area contributed by atoms with Gasteiger partial charge in [-0.2, -0.15) is 5.10 Å².